The van der Waals surface area contributed by atoms with Gasteiger partial charge in [0, 0.05) is 12.7 Å². The van der Waals surface area contributed by atoms with E-state index in [9.17, 15) is 13.6 Å². The number of primary amides is 1. The van der Waals surface area contributed by atoms with E-state index in [1.165, 1.54) is 18.7 Å². The van der Waals surface area contributed by atoms with Crippen molar-refractivity contribution in [1.29, 1.82) is 0 Å². The number of aryl methyl sites for hydroxylation is 1. The minimum Gasteiger partial charge on any atom is -0.365 e. The maximum Gasteiger partial charge on any atom is 0.282 e. The molecule has 0 fully saturated rings. The topological polar surface area (TPSA) is 60.9 Å². The van der Waals surface area contributed by atoms with Gasteiger partial charge in [0.05, 0.1) is 5.56 Å². The van der Waals surface area contributed by atoms with E-state index in [-0.39, 0.29) is 5.56 Å². The summed E-state index contributed by atoms with van der Waals surface area (Å²) in [7, 11) is 1.48. The first-order valence-corrected chi connectivity index (χ1v) is 3.56. The summed E-state index contributed by atoms with van der Waals surface area (Å²) in [4.78, 5) is 10.8. The number of amides is 1. The van der Waals surface area contributed by atoms with E-state index in [4.69, 9.17) is 5.73 Å². The summed E-state index contributed by atoms with van der Waals surface area (Å²) in [5.74, 6) is -0.874. The lowest BCUT2D eigenvalue weighted by Crippen LogP contribution is -2.14. The van der Waals surface area contributed by atoms with Gasteiger partial charge in [0.15, 0.2) is 0 Å². The molecule has 0 aromatic carbocycles. The molecule has 0 aliphatic heterocycles. The fraction of sp³-hybridized carbons (Fsp3) is 0.429. The van der Waals surface area contributed by atoms with Crippen molar-refractivity contribution in [2.24, 2.45) is 12.8 Å². The molecule has 0 aliphatic rings. The molecule has 2 N–H and O–H groups in total. The molecular weight excluding hydrogens is 180 g/mol. The number of alkyl halides is 2. The van der Waals surface area contributed by atoms with E-state index in [0.717, 1.165) is 0 Å². The standard InChI is InChI=1S/C7H9F2N3O/c1-3-4(7(10)13)5(6(8)9)11-12(3)2/h6H,1-2H3,(H2,10,13). The maximum atomic E-state index is 12.3. The summed E-state index contributed by atoms with van der Waals surface area (Å²) in [6, 6.07) is 0. The maximum absolute atomic E-state index is 12.3. The lowest BCUT2D eigenvalue weighted by Gasteiger charge is -1.96. The fourth-order valence-electron chi connectivity index (χ4n) is 1.09. The Kier molecular flexibility index (Phi) is 2.31. The van der Waals surface area contributed by atoms with Gasteiger partial charge >= 0.3 is 0 Å². The predicted octanol–water partition coefficient (Wildman–Crippen LogP) is 0.765. The molecule has 4 nitrogen and oxygen atoms in total. The highest BCUT2D eigenvalue weighted by Crippen LogP contribution is 2.23. The number of nitrogens with zero attached hydrogens (tertiary/aromatic N) is 2. The molecule has 1 heterocycles. The van der Waals surface area contributed by atoms with Crippen molar-refractivity contribution in [1.82, 2.24) is 9.78 Å². The van der Waals surface area contributed by atoms with Crippen molar-refractivity contribution in [3.05, 3.63) is 17.0 Å². The van der Waals surface area contributed by atoms with Crippen LogP contribution < -0.4 is 5.73 Å². The number of aromatic nitrogens is 2. The van der Waals surface area contributed by atoms with Crippen LogP contribution in [0.3, 0.4) is 0 Å². The Labute approximate surface area is 73.3 Å². The second kappa shape index (κ2) is 3.12. The summed E-state index contributed by atoms with van der Waals surface area (Å²) < 4.78 is 25.8. The third kappa shape index (κ3) is 1.51. The number of rotatable bonds is 2. The highest BCUT2D eigenvalue weighted by Gasteiger charge is 2.23. The molecule has 0 aliphatic carbocycles. The van der Waals surface area contributed by atoms with Gasteiger partial charge in [-0.2, -0.15) is 5.10 Å². The first kappa shape index (κ1) is 9.63. The summed E-state index contributed by atoms with van der Waals surface area (Å²) in [6.07, 6.45) is -2.78. The number of nitrogens with two attached hydrogens (primary N) is 1. The summed E-state index contributed by atoms with van der Waals surface area (Å²) in [5.41, 5.74) is 4.56. The zero-order chi connectivity index (χ0) is 10.2. The quantitative estimate of drug-likeness (QED) is 0.746. The molecule has 13 heavy (non-hydrogen) atoms. The number of carbonyl (C=O) groups excluding carboxylic acids is 1. The molecule has 0 saturated heterocycles. The molecule has 0 atom stereocenters. The average Bonchev–Trinajstić information content (AvgIpc) is 2.28. The van der Waals surface area contributed by atoms with Gasteiger partial charge in [-0.3, -0.25) is 9.48 Å². The van der Waals surface area contributed by atoms with Crippen LogP contribution in [0.1, 0.15) is 28.2 Å². The molecule has 1 aromatic rings. The molecule has 0 saturated carbocycles. The van der Waals surface area contributed by atoms with Gasteiger partial charge in [-0.25, -0.2) is 8.78 Å². The first-order valence-electron chi connectivity index (χ1n) is 3.56. The van der Waals surface area contributed by atoms with Gasteiger partial charge in [0.1, 0.15) is 5.69 Å². The largest absolute Gasteiger partial charge is 0.365 e. The number of carbonyl (C=O) groups is 1. The SMILES string of the molecule is Cc1c(C(N)=O)c(C(F)F)nn1C. The van der Waals surface area contributed by atoms with Crippen LogP contribution in [0.25, 0.3) is 0 Å². The Morgan fingerprint density at radius 2 is 2.15 bits per heavy atom. The van der Waals surface area contributed by atoms with Crippen molar-refractivity contribution < 1.29 is 13.6 Å². The molecule has 0 radical (unpaired) electrons. The lowest BCUT2D eigenvalue weighted by molar-refractivity contribution is 0.0984. The number of halogens is 2. The highest BCUT2D eigenvalue weighted by molar-refractivity contribution is 5.95. The summed E-state index contributed by atoms with van der Waals surface area (Å²) in [5, 5.41) is 3.50. The van der Waals surface area contributed by atoms with Gasteiger partial charge in [-0.15, -0.1) is 0 Å². The molecule has 0 bridgehead atoms. The van der Waals surface area contributed by atoms with Crippen LogP contribution in [0.15, 0.2) is 0 Å². The van der Waals surface area contributed by atoms with Crippen LogP contribution in [-0.4, -0.2) is 15.7 Å². The van der Waals surface area contributed by atoms with E-state index >= 15 is 0 Å². The average molecular weight is 189 g/mol. The molecule has 1 amide bonds. The third-order valence-electron chi connectivity index (χ3n) is 1.81. The Morgan fingerprint density at radius 1 is 1.62 bits per heavy atom. The molecule has 6 heteroatoms. The summed E-state index contributed by atoms with van der Waals surface area (Å²) in [6.45, 7) is 1.51. The van der Waals surface area contributed by atoms with Crippen LogP contribution in [0.2, 0.25) is 0 Å². The Hall–Kier alpha value is -1.46. The van der Waals surface area contributed by atoms with Crippen molar-refractivity contribution in [3.63, 3.8) is 0 Å². The predicted molar refractivity (Wildman–Crippen MR) is 41.4 cm³/mol. The lowest BCUT2D eigenvalue weighted by atomic mass is 10.2. The minimum atomic E-state index is -2.78. The van der Waals surface area contributed by atoms with Gasteiger partial charge < -0.3 is 5.73 Å². The van der Waals surface area contributed by atoms with Crippen molar-refractivity contribution in [2.45, 2.75) is 13.3 Å². The zero-order valence-corrected chi connectivity index (χ0v) is 7.21. The number of hydrogen-bond donors (Lipinski definition) is 1. The molecule has 72 valence electrons. The number of hydrogen-bond acceptors (Lipinski definition) is 2. The van der Waals surface area contributed by atoms with Gasteiger partial charge in [-0.1, -0.05) is 0 Å². The highest BCUT2D eigenvalue weighted by atomic mass is 19.3. The van der Waals surface area contributed by atoms with E-state index in [1.807, 2.05) is 0 Å². The second-order valence-electron chi connectivity index (χ2n) is 2.63. The Balaban J connectivity index is 3.35. The van der Waals surface area contributed by atoms with Crippen LogP contribution in [0.4, 0.5) is 8.78 Å². The van der Waals surface area contributed by atoms with Crippen molar-refractivity contribution >= 4 is 5.91 Å². The van der Waals surface area contributed by atoms with Gasteiger partial charge in [0.2, 0.25) is 0 Å². The van der Waals surface area contributed by atoms with Crippen LogP contribution in [0.5, 0.6) is 0 Å². The molecule has 1 aromatic heterocycles. The monoisotopic (exact) mass is 189 g/mol. The van der Waals surface area contributed by atoms with E-state index in [2.05, 4.69) is 5.10 Å². The Bertz CT molecular complexity index is 346. The van der Waals surface area contributed by atoms with Crippen LogP contribution in [0, 0.1) is 6.92 Å². The van der Waals surface area contributed by atoms with Gasteiger partial charge in [-0.05, 0) is 6.92 Å². The molecule has 1 rings (SSSR count). The smallest absolute Gasteiger partial charge is 0.282 e. The molecule has 0 spiro atoms. The van der Waals surface area contributed by atoms with E-state index in [1.54, 1.807) is 0 Å². The molecule has 0 unspecified atom stereocenters. The zero-order valence-electron chi connectivity index (χ0n) is 7.21. The minimum absolute atomic E-state index is 0.183. The van der Waals surface area contributed by atoms with Gasteiger partial charge in [0.25, 0.3) is 12.3 Å². The fourth-order valence-corrected chi connectivity index (χ4v) is 1.09. The van der Waals surface area contributed by atoms with E-state index < -0.39 is 18.0 Å². The van der Waals surface area contributed by atoms with Crippen LogP contribution in [-0.2, 0) is 7.05 Å². The van der Waals surface area contributed by atoms with Crippen LogP contribution >= 0.6 is 0 Å². The normalized spacial score (nSPS) is 10.8. The Morgan fingerprint density at radius 3 is 2.46 bits per heavy atom. The van der Waals surface area contributed by atoms with E-state index in [0.29, 0.717) is 5.69 Å². The first-order chi connectivity index (χ1) is 5.95. The van der Waals surface area contributed by atoms with Crippen molar-refractivity contribution in [2.75, 3.05) is 0 Å². The second-order valence-corrected chi connectivity index (χ2v) is 2.63. The van der Waals surface area contributed by atoms with Crippen molar-refractivity contribution in [3.8, 4) is 0 Å². The molecular formula is C7H9F2N3O. The third-order valence-corrected chi connectivity index (χ3v) is 1.81. The summed E-state index contributed by atoms with van der Waals surface area (Å²) >= 11 is 0.